The Balaban J connectivity index is 2.43. The van der Waals surface area contributed by atoms with E-state index in [0.717, 1.165) is 19.3 Å². The summed E-state index contributed by atoms with van der Waals surface area (Å²) in [6, 6.07) is 0.387. The van der Waals surface area contributed by atoms with E-state index < -0.39 is 0 Å². The van der Waals surface area contributed by atoms with Crippen LogP contribution in [0.25, 0.3) is 0 Å². The molecule has 0 aromatic heterocycles. The lowest BCUT2D eigenvalue weighted by molar-refractivity contribution is -0.0830. The van der Waals surface area contributed by atoms with Gasteiger partial charge in [0.2, 0.25) is 0 Å². The topological polar surface area (TPSA) is 61.3 Å². The van der Waals surface area contributed by atoms with E-state index in [2.05, 4.69) is 20.8 Å². The van der Waals surface area contributed by atoms with E-state index in [4.69, 9.17) is 16.2 Å². The molecule has 13 heavy (non-hydrogen) atoms. The quantitative estimate of drug-likeness (QED) is 0.642. The lowest BCUT2D eigenvalue weighted by atomic mass is 9.89. The van der Waals surface area contributed by atoms with Gasteiger partial charge in [0, 0.05) is 12.1 Å². The first-order valence-corrected chi connectivity index (χ1v) is 5.07. The van der Waals surface area contributed by atoms with Crippen LogP contribution in [0, 0.1) is 0 Å². The van der Waals surface area contributed by atoms with E-state index in [1.54, 1.807) is 0 Å². The second-order valence-corrected chi connectivity index (χ2v) is 5.01. The van der Waals surface area contributed by atoms with Crippen LogP contribution in [0.3, 0.4) is 0 Å². The maximum Gasteiger partial charge on any atom is 0.0734 e. The van der Waals surface area contributed by atoms with Crippen LogP contribution in [0.2, 0.25) is 0 Å². The maximum absolute atomic E-state index is 5.97. The third kappa shape index (κ3) is 3.63. The molecular weight excluding hydrogens is 164 g/mol. The fourth-order valence-corrected chi connectivity index (χ4v) is 1.81. The van der Waals surface area contributed by atoms with Gasteiger partial charge in [0.05, 0.1) is 11.7 Å². The number of hydrogen-bond donors (Lipinski definition) is 2. The molecule has 1 saturated carbocycles. The molecule has 0 aliphatic heterocycles. The van der Waals surface area contributed by atoms with Crippen molar-refractivity contribution >= 4 is 0 Å². The SMILES string of the molecule is CC(C)(C)OC1CCC(N)CC1N. The van der Waals surface area contributed by atoms with Crippen molar-refractivity contribution in [3.63, 3.8) is 0 Å². The van der Waals surface area contributed by atoms with Gasteiger partial charge in [0.15, 0.2) is 0 Å². The Morgan fingerprint density at radius 2 is 1.77 bits per heavy atom. The van der Waals surface area contributed by atoms with E-state index in [-0.39, 0.29) is 23.8 Å². The van der Waals surface area contributed by atoms with Crippen LogP contribution < -0.4 is 11.5 Å². The van der Waals surface area contributed by atoms with Crippen molar-refractivity contribution in [2.24, 2.45) is 11.5 Å². The number of ether oxygens (including phenoxy) is 1. The van der Waals surface area contributed by atoms with Gasteiger partial charge in [-0.15, -0.1) is 0 Å². The molecule has 1 rings (SSSR count). The first-order chi connectivity index (χ1) is 5.88. The highest BCUT2D eigenvalue weighted by Gasteiger charge is 2.29. The van der Waals surface area contributed by atoms with Crippen molar-refractivity contribution in [1.82, 2.24) is 0 Å². The summed E-state index contributed by atoms with van der Waals surface area (Å²) in [6.45, 7) is 6.19. The molecular formula is C10H22N2O. The second-order valence-electron chi connectivity index (χ2n) is 5.01. The fraction of sp³-hybridized carbons (Fsp3) is 1.00. The van der Waals surface area contributed by atoms with E-state index >= 15 is 0 Å². The normalized spacial score (nSPS) is 36.2. The second kappa shape index (κ2) is 3.95. The third-order valence-electron chi connectivity index (χ3n) is 2.38. The molecule has 1 fully saturated rings. The zero-order valence-corrected chi connectivity index (χ0v) is 8.92. The van der Waals surface area contributed by atoms with Gasteiger partial charge in [-0.05, 0) is 40.0 Å². The van der Waals surface area contributed by atoms with Crippen LogP contribution in [0.5, 0.6) is 0 Å². The van der Waals surface area contributed by atoms with E-state index in [9.17, 15) is 0 Å². The van der Waals surface area contributed by atoms with Gasteiger partial charge < -0.3 is 16.2 Å². The molecule has 4 N–H and O–H groups in total. The van der Waals surface area contributed by atoms with Gasteiger partial charge in [-0.3, -0.25) is 0 Å². The summed E-state index contributed by atoms with van der Waals surface area (Å²) in [5.74, 6) is 0. The largest absolute Gasteiger partial charge is 0.371 e. The zero-order chi connectivity index (χ0) is 10.1. The highest BCUT2D eigenvalue weighted by Crippen LogP contribution is 2.23. The molecule has 78 valence electrons. The number of rotatable bonds is 1. The molecule has 0 bridgehead atoms. The molecule has 1 aliphatic rings. The van der Waals surface area contributed by atoms with Crippen LogP contribution in [-0.2, 0) is 4.74 Å². The van der Waals surface area contributed by atoms with Crippen molar-refractivity contribution in [1.29, 1.82) is 0 Å². The van der Waals surface area contributed by atoms with Crippen molar-refractivity contribution in [2.45, 2.75) is 63.8 Å². The molecule has 3 unspecified atom stereocenters. The summed E-state index contributed by atoms with van der Waals surface area (Å²) < 4.78 is 5.86. The van der Waals surface area contributed by atoms with Crippen molar-refractivity contribution in [3.05, 3.63) is 0 Å². The van der Waals surface area contributed by atoms with Gasteiger partial charge in [0.1, 0.15) is 0 Å². The Morgan fingerprint density at radius 3 is 2.23 bits per heavy atom. The van der Waals surface area contributed by atoms with Gasteiger partial charge in [0.25, 0.3) is 0 Å². The summed E-state index contributed by atoms with van der Waals surface area (Å²) in [7, 11) is 0. The van der Waals surface area contributed by atoms with Crippen LogP contribution in [0.15, 0.2) is 0 Å². The van der Waals surface area contributed by atoms with E-state index in [1.807, 2.05) is 0 Å². The standard InChI is InChI=1S/C10H22N2O/c1-10(2,3)13-9-5-4-7(11)6-8(9)12/h7-9H,4-6,11-12H2,1-3H3. The smallest absolute Gasteiger partial charge is 0.0734 e. The Hall–Kier alpha value is -0.120. The lowest BCUT2D eigenvalue weighted by Gasteiger charge is -2.36. The molecule has 3 nitrogen and oxygen atoms in total. The van der Waals surface area contributed by atoms with Gasteiger partial charge in [-0.1, -0.05) is 0 Å². The number of nitrogens with two attached hydrogens (primary N) is 2. The predicted molar refractivity (Wildman–Crippen MR) is 54.4 cm³/mol. The van der Waals surface area contributed by atoms with Gasteiger partial charge in [-0.2, -0.15) is 0 Å². The highest BCUT2D eigenvalue weighted by molar-refractivity contribution is 4.86. The van der Waals surface area contributed by atoms with Crippen LogP contribution in [0.1, 0.15) is 40.0 Å². The fourth-order valence-electron chi connectivity index (χ4n) is 1.81. The Labute approximate surface area is 80.8 Å². The maximum atomic E-state index is 5.97. The van der Waals surface area contributed by atoms with Crippen LogP contribution in [0.4, 0.5) is 0 Å². The van der Waals surface area contributed by atoms with Crippen LogP contribution >= 0.6 is 0 Å². The Bertz CT molecular complexity index is 165. The summed E-state index contributed by atoms with van der Waals surface area (Å²) in [5, 5.41) is 0. The monoisotopic (exact) mass is 186 g/mol. The molecule has 0 aromatic carbocycles. The van der Waals surface area contributed by atoms with Gasteiger partial charge >= 0.3 is 0 Å². The zero-order valence-electron chi connectivity index (χ0n) is 8.92. The molecule has 0 radical (unpaired) electrons. The minimum Gasteiger partial charge on any atom is -0.371 e. The Kier molecular flexibility index (Phi) is 3.33. The average molecular weight is 186 g/mol. The Morgan fingerprint density at radius 1 is 1.15 bits per heavy atom. The number of hydrogen-bond acceptors (Lipinski definition) is 3. The van der Waals surface area contributed by atoms with E-state index in [1.165, 1.54) is 0 Å². The summed E-state index contributed by atoms with van der Waals surface area (Å²) in [4.78, 5) is 0. The molecule has 0 saturated heterocycles. The molecule has 0 aromatic rings. The predicted octanol–water partition coefficient (Wildman–Crippen LogP) is 1.01. The van der Waals surface area contributed by atoms with Crippen molar-refractivity contribution < 1.29 is 4.74 Å². The first-order valence-electron chi connectivity index (χ1n) is 5.07. The summed E-state index contributed by atoms with van der Waals surface area (Å²) >= 11 is 0. The minimum atomic E-state index is -0.0935. The molecule has 1 aliphatic carbocycles. The minimum absolute atomic E-state index is 0.0935. The van der Waals surface area contributed by atoms with Crippen molar-refractivity contribution in [2.75, 3.05) is 0 Å². The summed E-state index contributed by atoms with van der Waals surface area (Å²) in [6.07, 6.45) is 3.12. The molecule has 0 spiro atoms. The lowest BCUT2D eigenvalue weighted by Crippen LogP contribution is -2.48. The molecule has 0 amide bonds. The third-order valence-corrected chi connectivity index (χ3v) is 2.38. The molecule has 0 heterocycles. The van der Waals surface area contributed by atoms with Crippen LogP contribution in [-0.4, -0.2) is 23.8 Å². The first kappa shape index (κ1) is 11.0. The molecule has 3 heteroatoms. The van der Waals surface area contributed by atoms with Gasteiger partial charge in [-0.25, -0.2) is 0 Å². The van der Waals surface area contributed by atoms with E-state index in [0.29, 0.717) is 0 Å². The highest BCUT2D eigenvalue weighted by atomic mass is 16.5. The summed E-state index contributed by atoms with van der Waals surface area (Å²) in [5.41, 5.74) is 11.7. The average Bonchev–Trinajstić information content (AvgIpc) is 1.93. The molecule has 3 atom stereocenters. The van der Waals surface area contributed by atoms with Crippen molar-refractivity contribution in [3.8, 4) is 0 Å².